The Kier molecular flexibility index (Phi) is 2.66. The number of fused-ring (bicyclic) bond motifs is 7. The molecule has 114 valence electrons. The van der Waals surface area contributed by atoms with Gasteiger partial charge in [0.25, 0.3) is 0 Å². The van der Waals surface area contributed by atoms with Crippen molar-refractivity contribution in [2.24, 2.45) is 0 Å². The molecular weight excluding hydrogens is 292 g/mol. The third-order valence-corrected chi connectivity index (χ3v) is 4.88. The lowest BCUT2D eigenvalue weighted by atomic mass is 9.99. The molecule has 0 aliphatic rings. The topological polar surface area (TPSA) is 25.8 Å². The summed E-state index contributed by atoms with van der Waals surface area (Å²) in [6.07, 6.45) is 0. The van der Waals surface area contributed by atoms with Gasteiger partial charge in [-0.15, -0.1) is 0 Å². The first-order valence-electron chi connectivity index (χ1n) is 8.21. The first kappa shape index (κ1) is 13.4. The Morgan fingerprint density at radius 3 is 1.25 bits per heavy atom. The number of hydrogen-bond acceptors (Lipinski definition) is 2. The maximum absolute atomic E-state index is 5.05. The van der Waals surface area contributed by atoms with Crippen LogP contribution >= 0.6 is 0 Å². The average Bonchev–Trinajstić information content (AvgIpc) is 2.64. The first-order valence-corrected chi connectivity index (χ1v) is 8.21. The van der Waals surface area contributed by atoms with E-state index >= 15 is 0 Å². The minimum atomic E-state index is 0.991. The second-order valence-corrected chi connectivity index (χ2v) is 6.41. The van der Waals surface area contributed by atoms with Crippen molar-refractivity contribution in [2.75, 3.05) is 0 Å². The molecule has 0 amide bonds. The normalized spacial score (nSPS) is 11.8. The van der Waals surface area contributed by atoms with Crippen LogP contribution in [0, 0.1) is 13.8 Å². The van der Waals surface area contributed by atoms with Crippen LogP contribution in [0.15, 0.2) is 60.7 Å². The molecular formula is C22H16N2. The van der Waals surface area contributed by atoms with Gasteiger partial charge in [0.05, 0.1) is 22.1 Å². The molecule has 5 rings (SSSR count). The summed E-state index contributed by atoms with van der Waals surface area (Å²) in [6, 6.07) is 21.2. The molecule has 0 unspecified atom stereocenters. The lowest BCUT2D eigenvalue weighted by Crippen LogP contribution is -1.94. The van der Waals surface area contributed by atoms with Crippen molar-refractivity contribution in [3.05, 3.63) is 71.8 Å². The number of hydrogen-bond donors (Lipinski definition) is 0. The van der Waals surface area contributed by atoms with Crippen LogP contribution in [0.25, 0.3) is 43.6 Å². The molecule has 0 spiro atoms. The van der Waals surface area contributed by atoms with Gasteiger partial charge in [0.1, 0.15) is 0 Å². The number of benzene rings is 4. The molecule has 0 saturated carbocycles. The van der Waals surface area contributed by atoms with Gasteiger partial charge in [-0.05, 0) is 35.7 Å². The van der Waals surface area contributed by atoms with Gasteiger partial charge in [-0.3, -0.25) is 0 Å². The monoisotopic (exact) mass is 308 g/mol. The van der Waals surface area contributed by atoms with E-state index in [2.05, 4.69) is 74.5 Å². The Bertz CT molecular complexity index is 1170. The summed E-state index contributed by atoms with van der Waals surface area (Å²) < 4.78 is 0. The molecule has 1 heterocycles. The van der Waals surface area contributed by atoms with Crippen LogP contribution in [0.3, 0.4) is 0 Å². The van der Waals surface area contributed by atoms with Gasteiger partial charge in [-0.2, -0.15) is 0 Å². The largest absolute Gasteiger partial charge is 0.244 e. The standard InChI is InChI=1S/C22H16N2/c1-13-11-12-14(2)20-19(13)23-21-17-9-5-3-7-15(17)16-8-4-6-10-18(16)22(21)24-20/h3-12H,1-2H3. The van der Waals surface area contributed by atoms with E-state index in [0.29, 0.717) is 0 Å². The van der Waals surface area contributed by atoms with Gasteiger partial charge in [0.2, 0.25) is 0 Å². The van der Waals surface area contributed by atoms with Gasteiger partial charge in [0.15, 0.2) is 0 Å². The van der Waals surface area contributed by atoms with Gasteiger partial charge in [0, 0.05) is 10.8 Å². The fourth-order valence-electron chi connectivity index (χ4n) is 3.62. The molecule has 5 aromatic rings. The predicted octanol–water partition coefficient (Wildman–Crippen LogP) is 5.71. The van der Waals surface area contributed by atoms with Gasteiger partial charge < -0.3 is 0 Å². The van der Waals surface area contributed by atoms with E-state index in [1.165, 1.54) is 32.7 Å². The fourth-order valence-corrected chi connectivity index (χ4v) is 3.62. The predicted molar refractivity (Wildman–Crippen MR) is 102 cm³/mol. The van der Waals surface area contributed by atoms with Crippen LogP contribution in [0.1, 0.15) is 11.1 Å². The summed E-state index contributed by atoms with van der Waals surface area (Å²) in [7, 11) is 0. The first-order chi connectivity index (χ1) is 11.7. The summed E-state index contributed by atoms with van der Waals surface area (Å²) in [6.45, 7) is 4.21. The second-order valence-electron chi connectivity index (χ2n) is 6.41. The van der Waals surface area contributed by atoms with Crippen LogP contribution < -0.4 is 0 Å². The zero-order valence-corrected chi connectivity index (χ0v) is 13.7. The van der Waals surface area contributed by atoms with Crippen molar-refractivity contribution in [1.29, 1.82) is 0 Å². The smallest absolute Gasteiger partial charge is 0.0979 e. The van der Waals surface area contributed by atoms with Crippen LogP contribution in [0.2, 0.25) is 0 Å². The highest BCUT2D eigenvalue weighted by Crippen LogP contribution is 2.34. The minimum Gasteiger partial charge on any atom is -0.244 e. The van der Waals surface area contributed by atoms with Gasteiger partial charge >= 0.3 is 0 Å². The minimum absolute atomic E-state index is 0.991. The molecule has 24 heavy (non-hydrogen) atoms. The lowest BCUT2D eigenvalue weighted by Gasteiger charge is -2.11. The zero-order valence-electron chi connectivity index (χ0n) is 13.7. The quantitative estimate of drug-likeness (QED) is 0.270. The highest BCUT2D eigenvalue weighted by molar-refractivity contribution is 6.23. The Morgan fingerprint density at radius 1 is 0.458 bits per heavy atom. The van der Waals surface area contributed by atoms with Gasteiger partial charge in [-0.25, -0.2) is 9.97 Å². The maximum Gasteiger partial charge on any atom is 0.0979 e. The molecule has 0 atom stereocenters. The number of rotatable bonds is 0. The average molecular weight is 308 g/mol. The summed E-state index contributed by atoms with van der Waals surface area (Å²) in [5.74, 6) is 0. The number of aromatic nitrogens is 2. The molecule has 2 nitrogen and oxygen atoms in total. The second kappa shape index (κ2) is 4.75. The Hall–Kier alpha value is -3.00. The van der Waals surface area contributed by atoms with Crippen LogP contribution in [-0.4, -0.2) is 9.97 Å². The Balaban J connectivity index is 2.17. The van der Waals surface area contributed by atoms with Crippen LogP contribution in [0.5, 0.6) is 0 Å². The number of nitrogens with zero attached hydrogens (tertiary/aromatic N) is 2. The molecule has 4 aromatic carbocycles. The zero-order chi connectivity index (χ0) is 16.3. The third-order valence-electron chi connectivity index (χ3n) is 4.88. The van der Waals surface area contributed by atoms with E-state index in [4.69, 9.17) is 9.97 Å². The van der Waals surface area contributed by atoms with Crippen LogP contribution in [-0.2, 0) is 0 Å². The van der Waals surface area contributed by atoms with E-state index in [1.807, 2.05) is 0 Å². The van der Waals surface area contributed by atoms with Crippen molar-refractivity contribution in [2.45, 2.75) is 13.8 Å². The van der Waals surface area contributed by atoms with E-state index in [1.54, 1.807) is 0 Å². The molecule has 0 radical (unpaired) electrons. The molecule has 2 heteroatoms. The summed E-state index contributed by atoms with van der Waals surface area (Å²) in [5, 5.41) is 4.81. The molecule has 0 fully saturated rings. The van der Waals surface area contributed by atoms with E-state index in [9.17, 15) is 0 Å². The van der Waals surface area contributed by atoms with Gasteiger partial charge in [-0.1, -0.05) is 60.7 Å². The van der Waals surface area contributed by atoms with Crippen molar-refractivity contribution in [3.63, 3.8) is 0 Å². The highest BCUT2D eigenvalue weighted by Gasteiger charge is 2.13. The number of aryl methyl sites for hydroxylation is 2. The third kappa shape index (κ3) is 1.71. The SMILES string of the molecule is Cc1ccc(C)c2nc3c4ccccc4c4ccccc4c3nc12. The fraction of sp³-hybridized carbons (Fsp3) is 0.0909. The lowest BCUT2D eigenvalue weighted by molar-refractivity contribution is 1.33. The Morgan fingerprint density at radius 2 is 0.833 bits per heavy atom. The van der Waals surface area contributed by atoms with Crippen molar-refractivity contribution < 1.29 is 0 Å². The molecule has 0 aliphatic carbocycles. The Labute approximate surface area is 139 Å². The van der Waals surface area contributed by atoms with E-state index in [-0.39, 0.29) is 0 Å². The van der Waals surface area contributed by atoms with Crippen molar-refractivity contribution in [1.82, 2.24) is 9.97 Å². The highest BCUT2D eigenvalue weighted by atomic mass is 14.8. The molecule has 1 aromatic heterocycles. The van der Waals surface area contributed by atoms with Crippen molar-refractivity contribution in [3.8, 4) is 0 Å². The van der Waals surface area contributed by atoms with E-state index < -0.39 is 0 Å². The molecule has 0 saturated heterocycles. The summed E-state index contributed by atoms with van der Waals surface area (Å²) >= 11 is 0. The van der Waals surface area contributed by atoms with E-state index in [0.717, 1.165) is 22.1 Å². The maximum atomic E-state index is 5.05. The summed E-state index contributed by atoms with van der Waals surface area (Å²) in [5.41, 5.74) is 6.33. The summed E-state index contributed by atoms with van der Waals surface area (Å²) in [4.78, 5) is 10.1. The molecule has 0 N–H and O–H groups in total. The molecule has 0 bridgehead atoms. The van der Waals surface area contributed by atoms with Crippen LogP contribution in [0.4, 0.5) is 0 Å². The van der Waals surface area contributed by atoms with Crippen molar-refractivity contribution >= 4 is 43.6 Å². The molecule has 0 aliphatic heterocycles.